The third-order valence-corrected chi connectivity index (χ3v) is 3.65. The Morgan fingerprint density at radius 2 is 2.17 bits per heavy atom. The molecule has 1 aliphatic heterocycles. The quantitative estimate of drug-likeness (QED) is 0.704. The van der Waals surface area contributed by atoms with Crippen LogP contribution in [0.1, 0.15) is 42.3 Å². The van der Waals surface area contributed by atoms with Gasteiger partial charge in [-0.1, -0.05) is 5.92 Å². The fourth-order valence-electron chi connectivity index (χ4n) is 2.41. The number of nitrogens with zero attached hydrogens (tertiary/aromatic N) is 1. The topological polar surface area (TPSA) is 25.2 Å². The van der Waals surface area contributed by atoms with Crippen molar-refractivity contribution in [1.29, 1.82) is 0 Å². The molecule has 4 heteroatoms. The monoisotopic (exact) mass is 251 g/mol. The molecule has 1 saturated carbocycles. The van der Waals surface area contributed by atoms with Gasteiger partial charge in [-0.2, -0.15) is 0 Å². The van der Waals surface area contributed by atoms with E-state index in [9.17, 15) is 13.9 Å². The third-order valence-electron chi connectivity index (χ3n) is 3.65. The highest BCUT2D eigenvalue weighted by Crippen LogP contribution is 2.41. The van der Waals surface area contributed by atoms with Crippen molar-refractivity contribution in [3.63, 3.8) is 0 Å². The molecular formula is C14H15F2NO. The molecule has 1 aromatic heterocycles. The smallest absolute Gasteiger partial charge is 0.280 e. The van der Waals surface area contributed by atoms with Crippen LogP contribution in [0.2, 0.25) is 0 Å². The van der Waals surface area contributed by atoms with Gasteiger partial charge in [0.25, 0.3) is 5.92 Å². The first-order valence-electron chi connectivity index (χ1n) is 6.26. The summed E-state index contributed by atoms with van der Waals surface area (Å²) in [5, 5.41) is 9.75. The summed E-state index contributed by atoms with van der Waals surface area (Å²) in [6.07, 6.45) is 0.246. The normalized spacial score (nSPS) is 25.2. The number of alkyl halides is 2. The molecule has 2 aliphatic rings. The van der Waals surface area contributed by atoms with Crippen molar-refractivity contribution in [2.45, 2.75) is 44.8 Å². The first-order chi connectivity index (χ1) is 8.49. The maximum absolute atomic E-state index is 13.5. The maximum atomic E-state index is 13.5. The minimum absolute atomic E-state index is 0.224. The second kappa shape index (κ2) is 3.83. The van der Waals surface area contributed by atoms with E-state index in [1.54, 1.807) is 17.6 Å². The fourth-order valence-corrected chi connectivity index (χ4v) is 2.41. The second-order valence-corrected chi connectivity index (χ2v) is 5.21. The summed E-state index contributed by atoms with van der Waals surface area (Å²) in [7, 11) is 0. The molecule has 18 heavy (non-hydrogen) atoms. The number of rotatable bonds is 0. The molecule has 1 atom stereocenters. The molecule has 0 aromatic carbocycles. The highest BCUT2D eigenvalue weighted by atomic mass is 19.3. The van der Waals surface area contributed by atoms with Gasteiger partial charge < -0.3 is 9.67 Å². The molecule has 1 aromatic rings. The summed E-state index contributed by atoms with van der Waals surface area (Å²) in [4.78, 5) is 0. The average molecular weight is 251 g/mol. The number of aryl methyl sites for hydroxylation is 1. The molecule has 1 fully saturated rings. The Bertz CT molecular complexity index is 546. The minimum Gasteiger partial charge on any atom is -0.381 e. The van der Waals surface area contributed by atoms with Crippen molar-refractivity contribution in [3.8, 4) is 11.8 Å². The lowest BCUT2D eigenvalue weighted by Gasteiger charge is -2.30. The van der Waals surface area contributed by atoms with Gasteiger partial charge in [0.1, 0.15) is 0 Å². The second-order valence-electron chi connectivity index (χ2n) is 5.21. The van der Waals surface area contributed by atoms with Crippen LogP contribution >= 0.6 is 0 Å². The molecule has 0 bridgehead atoms. The van der Waals surface area contributed by atoms with Gasteiger partial charge in [0, 0.05) is 18.9 Å². The van der Waals surface area contributed by atoms with Crippen molar-refractivity contribution in [2.75, 3.05) is 0 Å². The lowest BCUT2D eigenvalue weighted by molar-refractivity contribution is -0.131. The number of aromatic nitrogens is 1. The third kappa shape index (κ3) is 1.83. The summed E-state index contributed by atoms with van der Waals surface area (Å²) in [6.45, 7) is 1.97. The van der Waals surface area contributed by atoms with E-state index in [0.29, 0.717) is 17.2 Å². The van der Waals surface area contributed by atoms with Gasteiger partial charge in [-0.3, -0.25) is 0 Å². The molecule has 1 unspecified atom stereocenters. The lowest BCUT2D eigenvalue weighted by Crippen LogP contribution is -2.35. The molecule has 3 rings (SSSR count). The van der Waals surface area contributed by atoms with Crippen molar-refractivity contribution in [1.82, 2.24) is 4.57 Å². The molecule has 2 nitrogen and oxygen atoms in total. The first-order valence-corrected chi connectivity index (χ1v) is 6.26. The van der Waals surface area contributed by atoms with Gasteiger partial charge in [0.2, 0.25) is 0 Å². The van der Waals surface area contributed by atoms with E-state index in [1.807, 2.05) is 0 Å². The number of aliphatic hydroxyl groups excluding tert-OH is 1. The summed E-state index contributed by atoms with van der Waals surface area (Å²) in [6, 6.07) is 1.80. The van der Waals surface area contributed by atoms with Crippen LogP contribution in [0.25, 0.3) is 0 Å². The average Bonchev–Trinajstić information content (AvgIpc) is 3.07. The van der Waals surface area contributed by atoms with Crippen LogP contribution in [-0.4, -0.2) is 15.6 Å². The Morgan fingerprint density at radius 3 is 2.83 bits per heavy atom. The molecule has 0 radical (unpaired) electrons. The lowest BCUT2D eigenvalue weighted by atomic mass is 10.0. The van der Waals surface area contributed by atoms with Gasteiger partial charge in [0.05, 0.1) is 11.4 Å². The molecule has 2 heterocycles. The molecule has 1 N–H and O–H groups in total. The van der Waals surface area contributed by atoms with Crippen molar-refractivity contribution >= 4 is 0 Å². The van der Waals surface area contributed by atoms with Gasteiger partial charge in [0.15, 0.2) is 6.10 Å². The highest BCUT2D eigenvalue weighted by molar-refractivity contribution is 5.40. The Hall–Kier alpha value is -1.34. The zero-order valence-electron chi connectivity index (χ0n) is 10.2. The van der Waals surface area contributed by atoms with Gasteiger partial charge >= 0.3 is 0 Å². The van der Waals surface area contributed by atoms with Crippen LogP contribution in [-0.2, 0) is 6.54 Å². The molecule has 96 valence electrons. The van der Waals surface area contributed by atoms with E-state index in [-0.39, 0.29) is 13.0 Å². The Labute approximate surface area is 105 Å². The van der Waals surface area contributed by atoms with Crippen molar-refractivity contribution in [2.24, 2.45) is 5.92 Å². The van der Waals surface area contributed by atoms with E-state index in [2.05, 4.69) is 11.8 Å². The minimum atomic E-state index is -3.03. The number of aliphatic hydroxyl groups is 1. The molecule has 0 spiro atoms. The highest BCUT2D eigenvalue weighted by Gasteiger charge is 2.45. The zero-order valence-corrected chi connectivity index (χ0v) is 10.2. The standard InChI is InChI=1S/C14H15F2NO/c1-9-8-11(5-4-10-2-3-10)17-7-6-14(15,16)13(18)12(9)17/h8,10,13,18H,2-3,6-7H2,1H3. The van der Waals surface area contributed by atoms with Crippen molar-refractivity contribution < 1.29 is 13.9 Å². The summed E-state index contributed by atoms with van der Waals surface area (Å²) in [5.41, 5.74) is 1.78. The van der Waals surface area contributed by atoms with Crippen LogP contribution in [0.4, 0.5) is 8.78 Å². The Balaban J connectivity index is 2.01. The number of hydrogen-bond donors (Lipinski definition) is 1. The van der Waals surface area contributed by atoms with Gasteiger partial charge in [-0.05, 0) is 37.3 Å². The van der Waals surface area contributed by atoms with E-state index in [4.69, 9.17) is 0 Å². The summed E-state index contributed by atoms with van der Waals surface area (Å²) in [5.74, 6) is 3.64. The molecule has 1 aliphatic carbocycles. The maximum Gasteiger partial charge on any atom is 0.280 e. The number of fused-ring (bicyclic) bond motifs is 1. The van der Waals surface area contributed by atoms with E-state index >= 15 is 0 Å². The van der Waals surface area contributed by atoms with Crippen LogP contribution in [0.15, 0.2) is 6.07 Å². The molecule has 0 saturated heterocycles. The van der Waals surface area contributed by atoms with Crippen LogP contribution in [0, 0.1) is 24.7 Å². The summed E-state index contributed by atoms with van der Waals surface area (Å²) >= 11 is 0. The van der Waals surface area contributed by atoms with E-state index < -0.39 is 12.0 Å². The van der Waals surface area contributed by atoms with Crippen LogP contribution < -0.4 is 0 Å². The first kappa shape index (κ1) is 11.7. The van der Waals surface area contributed by atoms with Crippen LogP contribution in [0.3, 0.4) is 0 Å². The SMILES string of the molecule is Cc1cc(C#CC2CC2)n2c1C(O)C(F)(F)CC2. The van der Waals surface area contributed by atoms with Crippen LogP contribution in [0.5, 0.6) is 0 Å². The van der Waals surface area contributed by atoms with Crippen molar-refractivity contribution in [3.05, 3.63) is 23.0 Å². The molecule has 0 amide bonds. The van der Waals surface area contributed by atoms with Gasteiger partial charge in [-0.25, -0.2) is 8.78 Å². The van der Waals surface area contributed by atoms with E-state index in [1.165, 1.54) is 0 Å². The summed E-state index contributed by atoms with van der Waals surface area (Å²) < 4.78 is 28.7. The number of hydrogen-bond acceptors (Lipinski definition) is 1. The zero-order chi connectivity index (χ0) is 12.9. The molecular weight excluding hydrogens is 236 g/mol. The Kier molecular flexibility index (Phi) is 2.49. The largest absolute Gasteiger partial charge is 0.381 e. The fraction of sp³-hybridized carbons (Fsp3) is 0.571. The Morgan fingerprint density at radius 1 is 1.44 bits per heavy atom. The van der Waals surface area contributed by atoms with E-state index in [0.717, 1.165) is 18.5 Å². The predicted molar refractivity (Wildman–Crippen MR) is 63.3 cm³/mol. The number of halogens is 2. The predicted octanol–water partition coefficient (Wildman–Crippen LogP) is 2.63. The van der Waals surface area contributed by atoms with Gasteiger partial charge in [-0.15, -0.1) is 0 Å².